The Morgan fingerprint density at radius 1 is 1.19 bits per heavy atom. The van der Waals surface area contributed by atoms with Crippen LogP contribution in [0.25, 0.3) is 4.85 Å². The van der Waals surface area contributed by atoms with Gasteiger partial charge < -0.3 is 10.2 Å². The number of rotatable bonds is 4. The first-order chi connectivity index (χ1) is 12.5. The van der Waals surface area contributed by atoms with Gasteiger partial charge in [0.25, 0.3) is 11.8 Å². The van der Waals surface area contributed by atoms with E-state index in [0.717, 1.165) is 5.56 Å². The lowest BCUT2D eigenvalue weighted by atomic mass is 9.98. The fourth-order valence-corrected chi connectivity index (χ4v) is 2.92. The normalized spacial score (nSPS) is 12.9. The molecule has 130 valence electrons. The Balaban J connectivity index is 1.75. The van der Waals surface area contributed by atoms with Crippen LogP contribution in [-0.2, 0) is 11.2 Å². The Morgan fingerprint density at radius 3 is 2.58 bits per heavy atom. The van der Waals surface area contributed by atoms with E-state index in [-0.39, 0.29) is 24.1 Å². The molecule has 0 aliphatic carbocycles. The Morgan fingerprint density at radius 2 is 1.92 bits per heavy atom. The standard InChI is InChI=1S/C20H17N3O3/c1-13(24)12-23-10-9-15-11-17(7-8-18(15)20(23)26)22-19(25)14-3-5-16(21-2)6-4-14/h3-8,11H,9-10,12H2,1H3,(H,22,25). The number of hydrogen-bond acceptors (Lipinski definition) is 3. The van der Waals surface area contributed by atoms with E-state index in [2.05, 4.69) is 10.2 Å². The van der Waals surface area contributed by atoms with E-state index in [1.807, 2.05) is 0 Å². The van der Waals surface area contributed by atoms with E-state index in [1.54, 1.807) is 47.4 Å². The van der Waals surface area contributed by atoms with Gasteiger partial charge in [-0.05, 0) is 37.1 Å². The maximum atomic E-state index is 12.4. The summed E-state index contributed by atoms with van der Waals surface area (Å²) >= 11 is 0. The molecule has 3 rings (SSSR count). The summed E-state index contributed by atoms with van der Waals surface area (Å²) in [7, 11) is 0. The van der Waals surface area contributed by atoms with Crippen molar-refractivity contribution in [1.82, 2.24) is 4.90 Å². The number of nitrogens with one attached hydrogen (secondary N) is 1. The summed E-state index contributed by atoms with van der Waals surface area (Å²) in [5, 5.41) is 2.81. The molecule has 0 atom stereocenters. The fourth-order valence-electron chi connectivity index (χ4n) is 2.92. The van der Waals surface area contributed by atoms with E-state index in [0.29, 0.717) is 35.5 Å². The lowest BCUT2D eigenvalue weighted by molar-refractivity contribution is -0.117. The van der Waals surface area contributed by atoms with Crippen molar-refractivity contribution in [2.45, 2.75) is 13.3 Å². The van der Waals surface area contributed by atoms with E-state index in [4.69, 9.17) is 6.57 Å². The van der Waals surface area contributed by atoms with Crippen LogP contribution in [0.3, 0.4) is 0 Å². The van der Waals surface area contributed by atoms with E-state index < -0.39 is 0 Å². The summed E-state index contributed by atoms with van der Waals surface area (Å²) in [5.41, 5.74) is 2.96. The third-order valence-electron chi connectivity index (χ3n) is 4.20. The van der Waals surface area contributed by atoms with Gasteiger partial charge in [0.15, 0.2) is 5.69 Å². The molecule has 2 aromatic rings. The molecule has 26 heavy (non-hydrogen) atoms. The first-order valence-electron chi connectivity index (χ1n) is 8.18. The van der Waals surface area contributed by atoms with Crippen molar-refractivity contribution in [2.24, 2.45) is 0 Å². The minimum atomic E-state index is -0.276. The molecule has 6 nitrogen and oxygen atoms in total. The van der Waals surface area contributed by atoms with Crippen LogP contribution in [-0.4, -0.2) is 35.6 Å². The van der Waals surface area contributed by atoms with Gasteiger partial charge in [-0.15, -0.1) is 0 Å². The first-order valence-corrected chi connectivity index (χ1v) is 8.18. The third-order valence-corrected chi connectivity index (χ3v) is 4.20. The molecular weight excluding hydrogens is 330 g/mol. The van der Waals surface area contributed by atoms with Crippen LogP contribution in [0.5, 0.6) is 0 Å². The minimum Gasteiger partial charge on any atom is -0.331 e. The van der Waals surface area contributed by atoms with Crippen molar-refractivity contribution in [3.63, 3.8) is 0 Å². The highest BCUT2D eigenvalue weighted by Gasteiger charge is 2.25. The molecule has 0 radical (unpaired) electrons. The summed E-state index contributed by atoms with van der Waals surface area (Å²) in [6.45, 7) is 9.01. The number of carbonyl (C=O) groups is 3. The fraction of sp³-hybridized carbons (Fsp3) is 0.200. The van der Waals surface area contributed by atoms with E-state index in [1.165, 1.54) is 6.92 Å². The topological polar surface area (TPSA) is 70.8 Å². The number of amides is 2. The third kappa shape index (κ3) is 3.62. The zero-order chi connectivity index (χ0) is 18.7. The second kappa shape index (κ2) is 7.19. The van der Waals surface area contributed by atoms with Crippen LogP contribution in [0, 0.1) is 6.57 Å². The number of carbonyl (C=O) groups excluding carboxylic acids is 3. The maximum Gasteiger partial charge on any atom is 0.255 e. The zero-order valence-corrected chi connectivity index (χ0v) is 14.3. The predicted octanol–water partition coefficient (Wildman–Crippen LogP) is 3.08. The van der Waals surface area contributed by atoms with Crippen LogP contribution < -0.4 is 5.32 Å². The van der Waals surface area contributed by atoms with Crippen molar-refractivity contribution in [1.29, 1.82) is 0 Å². The van der Waals surface area contributed by atoms with Crippen LogP contribution >= 0.6 is 0 Å². The van der Waals surface area contributed by atoms with Gasteiger partial charge in [-0.3, -0.25) is 14.4 Å². The van der Waals surface area contributed by atoms with Crippen molar-refractivity contribution >= 4 is 29.0 Å². The van der Waals surface area contributed by atoms with Gasteiger partial charge in [0.2, 0.25) is 0 Å². The Bertz CT molecular complexity index is 926. The quantitative estimate of drug-likeness (QED) is 0.864. The Labute approximate surface area is 151 Å². The molecule has 0 spiro atoms. The highest BCUT2D eigenvalue weighted by Crippen LogP contribution is 2.23. The molecule has 1 heterocycles. The number of fused-ring (bicyclic) bond motifs is 1. The molecule has 0 fully saturated rings. The Hall–Kier alpha value is -3.46. The van der Waals surface area contributed by atoms with Crippen LogP contribution in [0.2, 0.25) is 0 Å². The van der Waals surface area contributed by atoms with Gasteiger partial charge >= 0.3 is 0 Å². The van der Waals surface area contributed by atoms with Gasteiger partial charge in [-0.2, -0.15) is 0 Å². The molecule has 0 bridgehead atoms. The summed E-state index contributed by atoms with van der Waals surface area (Å²) in [6.07, 6.45) is 0.637. The lowest BCUT2D eigenvalue weighted by Gasteiger charge is -2.28. The van der Waals surface area contributed by atoms with Gasteiger partial charge in [0.05, 0.1) is 13.1 Å². The molecule has 1 aliphatic rings. The van der Waals surface area contributed by atoms with E-state index >= 15 is 0 Å². The monoisotopic (exact) mass is 347 g/mol. The SMILES string of the molecule is [C-]#[N+]c1ccc(C(=O)Nc2ccc3c(c2)CCN(CC(C)=O)C3=O)cc1. The summed E-state index contributed by atoms with van der Waals surface area (Å²) in [6, 6.07) is 11.5. The number of benzene rings is 2. The van der Waals surface area contributed by atoms with Crippen LogP contribution in [0.1, 0.15) is 33.2 Å². The molecule has 2 amide bonds. The highest BCUT2D eigenvalue weighted by molar-refractivity contribution is 6.05. The number of ketones is 1. The van der Waals surface area contributed by atoms with Crippen molar-refractivity contribution in [3.05, 3.63) is 70.6 Å². The average Bonchev–Trinajstić information content (AvgIpc) is 2.64. The average molecular weight is 347 g/mol. The molecule has 2 aromatic carbocycles. The first kappa shape index (κ1) is 17.4. The van der Waals surface area contributed by atoms with Crippen LogP contribution in [0.15, 0.2) is 42.5 Å². The van der Waals surface area contributed by atoms with Gasteiger partial charge in [0, 0.05) is 23.4 Å². The number of hydrogen-bond donors (Lipinski definition) is 1. The lowest BCUT2D eigenvalue weighted by Crippen LogP contribution is -2.40. The van der Waals surface area contributed by atoms with Crippen molar-refractivity contribution in [3.8, 4) is 0 Å². The van der Waals surface area contributed by atoms with Gasteiger partial charge in [-0.25, -0.2) is 4.85 Å². The molecular formula is C20H17N3O3. The molecule has 0 saturated carbocycles. The number of Topliss-reactive ketones (excluding diaryl/α,β-unsaturated/α-hetero) is 1. The zero-order valence-electron chi connectivity index (χ0n) is 14.3. The second-order valence-electron chi connectivity index (χ2n) is 6.16. The van der Waals surface area contributed by atoms with Crippen molar-refractivity contribution < 1.29 is 14.4 Å². The largest absolute Gasteiger partial charge is 0.331 e. The molecule has 1 N–H and O–H groups in total. The van der Waals surface area contributed by atoms with Gasteiger partial charge in [-0.1, -0.05) is 24.3 Å². The van der Waals surface area contributed by atoms with Crippen LogP contribution in [0.4, 0.5) is 11.4 Å². The molecule has 0 aromatic heterocycles. The smallest absolute Gasteiger partial charge is 0.255 e. The van der Waals surface area contributed by atoms with Crippen molar-refractivity contribution in [2.75, 3.05) is 18.4 Å². The Kier molecular flexibility index (Phi) is 4.81. The summed E-state index contributed by atoms with van der Waals surface area (Å²) in [5.74, 6) is -0.481. The molecule has 6 heteroatoms. The minimum absolute atomic E-state index is 0.0464. The van der Waals surface area contributed by atoms with E-state index in [9.17, 15) is 14.4 Å². The second-order valence-corrected chi connectivity index (χ2v) is 6.16. The number of anilines is 1. The van der Waals surface area contributed by atoms with Gasteiger partial charge in [0.1, 0.15) is 5.78 Å². The highest BCUT2D eigenvalue weighted by atomic mass is 16.2. The maximum absolute atomic E-state index is 12.4. The summed E-state index contributed by atoms with van der Waals surface area (Å²) in [4.78, 5) is 40.8. The predicted molar refractivity (Wildman–Crippen MR) is 97.4 cm³/mol. The molecule has 0 unspecified atom stereocenters. The molecule has 1 aliphatic heterocycles. The number of nitrogens with zero attached hydrogens (tertiary/aromatic N) is 2. The summed E-state index contributed by atoms with van der Waals surface area (Å²) < 4.78 is 0. The molecule has 0 saturated heterocycles.